The van der Waals surface area contributed by atoms with Crippen LogP contribution in [-0.2, 0) is 4.74 Å². The van der Waals surface area contributed by atoms with E-state index in [1.807, 2.05) is 13.8 Å². The van der Waals surface area contributed by atoms with Crippen LogP contribution >= 0.6 is 23.6 Å². The lowest BCUT2D eigenvalue weighted by Gasteiger charge is -2.11. The van der Waals surface area contributed by atoms with Crippen LogP contribution in [0.25, 0.3) is 0 Å². The molecule has 0 spiro atoms. The van der Waals surface area contributed by atoms with Gasteiger partial charge < -0.3 is 15.4 Å². The van der Waals surface area contributed by atoms with E-state index in [-0.39, 0.29) is 5.78 Å². The Morgan fingerprint density at radius 2 is 1.75 bits per heavy atom. The number of hydrogen-bond acceptors (Lipinski definition) is 5. The van der Waals surface area contributed by atoms with E-state index in [9.17, 15) is 9.59 Å². The van der Waals surface area contributed by atoms with Crippen molar-refractivity contribution in [3.8, 4) is 0 Å². The fourth-order valence-corrected chi connectivity index (χ4v) is 3.45. The normalized spacial score (nSPS) is 10.2. The molecule has 2 aromatic rings. The number of rotatable bonds is 4. The molecule has 0 aliphatic heterocycles. The number of ether oxygens (including phenoxy) is 1. The maximum absolute atomic E-state index is 12.0. The molecule has 0 amide bonds. The number of methoxy groups -OCH3 is 1. The molecule has 0 saturated carbocycles. The van der Waals surface area contributed by atoms with Crippen LogP contribution < -0.4 is 10.6 Å². The summed E-state index contributed by atoms with van der Waals surface area (Å²) in [5.41, 5.74) is 2.76. The zero-order valence-corrected chi connectivity index (χ0v) is 15.5. The van der Waals surface area contributed by atoms with Crippen LogP contribution in [0, 0.1) is 13.8 Å². The number of ketones is 1. The molecule has 2 N–H and O–H groups in total. The number of Topliss-reactive ketones (excluding diaryl/α,β-unsaturated/α-hetero) is 1. The van der Waals surface area contributed by atoms with Crippen molar-refractivity contribution in [1.29, 1.82) is 0 Å². The van der Waals surface area contributed by atoms with Crippen molar-refractivity contribution < 1.29 is 14.3 Å². The first-order chi connectivity index (χ1) is 11.3. The van der Waals surface area contributed by atoms with Gasteiger partial charge in [0.25, 0.3) is 0 Å². The molecule has 0 saturated heterocycles. The van der Waals surface area contributed by atoms with Crippen LogP contribution in [0.4, 0.5) is 10.7 Å². The Bertz CT molecular complexity index is 795. The molecular formula is C17H18N2O3S2. The highest BCUT2D eigenvalue weighted by Crippen LogP contribution is 2.33. The average molecular weight is 362 g/mol. The molecule has 1 heterocycles. The molecule has 1 aromatic carbocycles. The van der Waals surface area contributed by atoms with E-state index >= 15 is 0 Å². The second kappa shape index (κ2) is 7.55. The quantitative estimate of drug-likeness (QED) is 0.483. The van der Waals surface area contributed by atoms with Crippen molar-refractivity contribution in [3.05, 3.63) is 45.8 Å². The first-order valence-corrected chi connectivity index (χ1v) is 8.43. The lowest BCUT2D eigenvalue weighted by molar-refractivity contribution is 0.0601. The van der Waals surface area contributed by atoms with Crippen LogP contribution in [0.3, 0.4) is 0 Å². The van der Waals surface area contributed by atoms with E-state index in [1.54, 1.807) is 24.3 Å². The predicted octanol–water partition coefficient (Wildman–Crippen LogP) is 4.16. The SMILES string of the molecule is COC(=O)c1c(NC(=S)Nc2ccc(C(C)=O)cc2)sc(C)c1C. The lowest BCUT2D eigenvalue weighted by Crippen LogP contribution is -2.20. The van der Waals surface area contributed by atoms with Gasteiger partial charge in [-0.25, -0.2) is 4.79 Å². The number of esters is 1. The molecule has 0 bridgehead atoms. The van der Waals surface area contributed by atoms with Crippen molar-refractivity contribution in [3.63, 3.8) is 0 Å². The zero-order chi connectivity index (χ0) is 17.9. The van der Waals surface area contributed by atoms with E-state index < -0.39 is 5.97 Å². The average Bonchev–Trinajstić information content (AvgIpc) is 2.81. The third-order valence-electron chi connectivity index (χ3n) is 3.55. The van der Waals surface area contributed by atoms with Crippen LogP contribution in [-0.4, -0.2) is 24.0 Å². The third-order valence-corrected chi connectivity index (χ3v) is 4.88. The number of benzene rings is 1. The molecule has 1 aromatic heterocycles. The Labute approximate surface area is 150 Å². The first kappa shape index (κ1) is 18.1. The van der Waals surface area contributed by atoms with Gasteiger partial charge in [-0.3, -0.25) is 4.79 Å². The van der Waals surface area contributed by atoms with Crippen LogP contribution in [0.1, 0.15) is 38.1 Å². The maximum Gasteiger partial charge on any atom is 0.341 e. The van der Waals surface area contributed by atoms with Gasteiger partial charge in [-0.05, 0) is 62.8 Å². The number of anilines is 2. The van der Waals surface area contributed by atoms with Gasteiger partial charge in [0.2, 0.25) is 0 Å². The predicted molar refractivity (Wildman–Crippen MR) is 101 cm³/mol. The van der Waals surface area contributed by atoms with Crippen molar-refractivity contribution in [1.82, 2.24) is 0 Å². The summed E-state index contributed by atoms with van der Waals surface area (Å²) in [5.74, 6) is -0.387. The smallest absolute Gasteiger partial charge is 0.341 e. The van der Waals surface area contributed by atoms with Gasteiger partial charge in [0, 0.05) is 16.1 Å². The van der Waals surface area contributed by atoms with Gasteiger partial charge in [-0.15, -0.1) is 11.3 Å². The summed E-state index contributed by atoms with van der Waals surface area (Å²) in [6.45, 7) is 5.33. The van der Waals surface area contributed by atoms with Crippen molar-refractivity contribution in [2.24, 2.45) is 0 Å². The van der Waals surface area contributed by atoms with Gasteiger partial charge >= 0.3 is 5.97 Å². The number of carbonyl (C=O) groups excluding carboxylic acids is 2. The molecule has 0 fully saturated rings. The molecule has 0 aliphatic carbocycles. The van der Waals surface area contributed by atoms with E-state index in [0.29, 0.717) is 21.2 Å². The summed E-state index contributed by atoms with van der Waals surface area (Å²) < 4.78 is 4.84. The van der Waals surface area contributed by atoms with Crippen molar-refractivity contribution >= 4 is 51.1 Å². The molecule has 0 atom stereocenters. The highest BCUT2D eigenvalue weighted by molar-refractivity contribution is 7.80. The van der Waals surface area contributed by atoms with E-state index in [1.165, 1.54) is 25.4 Å². The van der Waals surface area contributed by atoms with Crippen LogP contribution in [0.2, 0.25) is 0 Å². The fraction of sp³-hybridized carbons (Fsp3) is 0.235. The third kappa shape index (κ3) is 3.98. The number of thiophene rings is 1. The minimum atomic E-state index is -0.395. The van der Waals surface area contributed by atoms with Crippen molar-refractivity contribution in [2.75, 3.05) is 17.7 Å². The molecule has 126 valence electrons. The number of carbonyl (C=O) groups is 2. The maximum atomic E-state index is 12.0. The summed E-state index contributed by atoms with van der Waals surface area (Å²) >= 11 is 6.75. The van der Waals surface area contributed by atoms with E-state index in [2.05, 4.69) is 10.6 Å². The van der Waals surface area contributed by atoms with E-state index in [4.69, 9.17) is 17.0 Å². The molecule has 0 unspecified atom stereocenters. The molecule has 5 nitrogen and oxygen atoms in total. The van der Waals surface area contributed by atoms with Gasteiger partial charge in [0.1, 0.15) is 5.00 Å². The number of thiocarbonyl (C=S) groups is 1. The topological polar surface area (TPSA) is 67.4 Å². The molecular weight excluding hydrogens is 344 g/mol. The molecule has 7 heteroatoms. The summed E-state index contributed by atoms with van der Waals surface area (Å²) in [7, 11) is 1.35. The minimum Gasteiger partial charge on any atom is -0.465 e. The summed E-state index contributed by atoms with van der Waals surface area (Å²) in [5, 5.41) is 7.08. The Hall–Kier alpha value is -2.25. The Balaban J connectivity index is 2.14. The fourth-order valence-electron chi connectivity index (χ4n) is 2.12. The lowest BCUT2D eigenvalue weighted by atomic mass is 10.1. The van der Waals surface area contributed by atoms with Gasteiger partial charge in [0.15, 0.2) is 10.9 Å². The summed E-state index contributed by atoms with van der Waals surface area (Å²) in [6, 6.07) is 7.01. The minimum absolute atomic E-state index is 0.00880. The standard InChI is InChI=1S/C17H18N2O3S2/c1-9-11(3)24-15(14(9)16(21)22-4)19-17(23)18-13-7-5-12(6-8-13)10(2)20/h5-8H,1-4H3,(H2,18,19,23). The van der Waals surface area contributed by atoms with Gasteiger partial charge in [-0.1, -0.05) is 0 Å². The molecule has 2 rings (SSSR count). The molecule has 0 aliphatic rings. The zero-order valence-electron chi connectivity index (χ0n) is 13.9. The Morgan fingerprint density at radius 3 is 2.29 bits per heavy atom. The summed E-state index contributed by atoms with van der Waals surface area (Å²) in [4.78, 5) is 24.3. The molecule has 24 heavy (non-hydrogen) atoms. The summed E-state index contributed by atoms with van der Waals surface area (Å²) in [6.07, 6.45) is 0. The number of hydrogen-bond donors (Lipinski definition) is 2. The van der Waals surface area contributed by atoms with Gasteiger partial charge in [-0.2, -0.15) is 0 Å². The second-order valence-electron chi connectivity index (χ2n) is 5.19. The monoisotopic (exact) mass is 362 g/mol. The first-order valence-electron chi connectivity index (χ1n) is 7.20. The number of aryl methyl sites for hydroxylation is 1. The molecule has 0 radical (unpaired) electrons. The largest absolute Gasteiger partial charge is 0.465 e. The van der Waals surface area contributed by atoms with Gasteiger partial charge in [0.05, 0.1) is 12.7 Å². The van der Waals surface area contributed by atoms with E-state index in [0.717, 1.165) is 16.1 Å². The Morgan fingerprint density at radius 1 is 1.12 bits per heavy atom. The number of nitrogens with one attached hydrogen (secondary N) is 2. The van der Waals surface area contributed by atoms with Crippen LogP contribution in [0.5, 0.6) is 0 Å². The second-order valence-corrected chi connectivity index (χ2v) is 6.82. The highest BCUT2D eigenvalue weighted by atomic mass is 32.1. The van der Waals surface area contributed by atoms with Crippen molar-refractivity contribution in [2.45, 2.75) is 20.8 Å². The Kier molecular flexibility index (Phi) is 5.69. The van der Waals surface area contributed by atoms with Crippen LogP contribution in [0.15, 0.2) is 24.3 Å². The highest BCUT2D eigenvalue weighted by Gasteiger charge is 2.20.